The summed E-state index contributed by atoms with van der Waals surface area (Å²) in [6.07, 6.45) is 5.26. The van der Waals surface area contributed by atoms with Crippen molar-refractivity contribution < 1.29 is 9.18 Å². The number of carbonyl (C=O) groups is 1. The van der Waals surface area contributed by atoms with Crippen molar-refractivity contribution in [3.63, 3.8) is 0 Å². The van der Waals surface area contributed by atoms with Crippen LogP contribution in [0.2, 0.25) is 0 Å². The predicted molar refractivity (Wildman–Crippen MR) is 61.5 cm³/mol. The zero-order valence-electron chi connectivity index (χ0n) is 9.60. The zero-order valence-corrected chi connectivity index (χ0v) is 9.60. The van der Waals surface area contributed by atoms with Crippen LogP contribution in [0.4, 0.5) is 4.39 Å². The summed E-state index contributed by atoms with van der Waals surface area (Å²) in [7, 11) is 0. The number of carbonyl (C=O) groups excluding carboxylic acids is 1. The van der Waals surface area contributed by atoms with E-state index in [1.54, 1.807) is 20.8 Å². The van der Waals surface area contributed by atoms with Crippen LogP contribution in [0, 0.1) is 25.1 Å². The molecule has 2 nitrogen and oxygen atoms in total. The fraction of sp³-hybridized carbons (Fsp3) is 0.308. The molecule has 0 saturated heterocycles. The van der Waals surface area contributed by atoms with Crippen molar-refractivity contribution >= 4 is 5.91 Å². The van der Waals surface area contributed by atoms with E-state index in [0.717, 1.165) is 0 Å². The summed E-state index contributed by atoms with van der Waals surface area (Å²) in [6.45, 7) is 5.06. The lowest BCUT2D eigenvalue weighted by atomic mass is 10.1. The molecule has 84 valence electrons. The number of hydrogen-bond acceptors (Lipinski definition) is 1. The molecular weight excluding hydrogens is 205 g/mol. The van der Waals surface area contributed by atoms with E-state index in [9.17, 15) is 9.18 Å². The summed E-state index contributed by atoms with van der Waals surface area (Å²) >= 11 is 0. The third-order valence-corrected chi connectivity index (χ3v) is 2.21. The predicted octanol–water partition coefficient (Wildman–Crippen LogP) is 2.28. The number of aryl methyl sites for hydroxylation is 1. The largest absolute Gasteiger partial charge is 0.336 e. The van der Waals surface area contributed by atoms with E-state index in [0.29, 0.717) is 11.1 Å². The number of terminal acetylenes is 1. The van der Waals surface area contributed by atoms with Gasteiger partial charge in [-0.1, -0.05) is 5.92 Å². The van der Waals surface area contributed by atoms with Gasteiger partial charge in [0.05, 0.1) is 5.54 Å². The van der Waals surface area contributed by atoms with Gasteiger partial charge in [0.1, 0.15) is 5.82 Å². The van der Waals surface area contributed by atoms with Gasteiger partial charge in [-0.25, -0.2) is 4.39 Å². The highest BCUT2D eigenvalue weighted by Crippen LogP contribution is 2.10. The number of hydrogen-bond donors (Lipinski definition) is 1. The fourth-order valence-electron chi connectivity index (χ4n) is 1.18. The molecule has 16 heavy (non-hydrogen) atoms. The Morgan fingerprint density at radius 3 is 2.62 bits per heavy atom. The minimum atomic E-state index is -0.709. The topological polar surface area (TPSA) is 29.1 Å². The lowest BCUT2D eigenvalue weighted by molar-refractivity contribution is 0.0929. The Hall–Kier alpha value is -1.82. The zero-order chi connectivity index (χ0) is 12.3. The summed E-state index contributed by atoms with van der Waals surface area (Å²) in [5.74, 6) is 1.84. The lowest BCUT2D eigenvalue weighted by Gasteiger charge is -2.19. The second kappa shape index (κ2) is 4.36. The molecule has 1 aromatic rings. The van der Waals surface area contributed by atoms with E-state index in [1.165, 1.54) is 18.2 Å². The molecule has 0 aliphatic heterocycles. The van der Waals surface area contributed by atoms with Crippen molar-refractivity contribution in [3.8, 4) is 12.3 Å². The van der Waals surface area contributed by atoms with Gasteiger partial charge in [-0.2, -0.15) is 0 Å². The maximum absolute atomic E-state index is 13.0. The van der Waals surface area contributed by atoms with Gasteiger partial charge in [0.15, 0.2) is 0 Å². The Kier molecular flexibility index (Phi) is 3.34. The molecule has 0 saturated carbocycles. The summed E-state index contributed by atoms with van der Waals surface area (Å²) in [5, 5.41) is 2.67. The third-order valence-electron chi connectivity index (χ3n) is 2.21. The SMILES string of the molecule is C#CC(C)(C)NC(=O)c1ccc(F)c(C)c1. The molecule has 1 amide bonds. The van der Waals surface area contributed by atoms with E-state index in [4.69, 9.17) is 6.42 Å². The number of halogens is 1. The summed E-state index contributed by atoms with van der Waals surface area (Å²) < 4.78 is 13.0. The molecule has 0 atom stereocenters. The molecule has 0 bridgehead atoms. The first-order chi connectivity index (χ1) is 7.35. The summed E-state index contributed by atoms with van der Waals surface area (Å²) in [6, 6.07) is 4.20. The Morgan fingerprint density at radius 2 is 2.12 bits per heavy atom. The second-order valence-electron chi connectivity index (χ2n) is 4.19. The van der Waals surface area contributed by atoms with Crippen molar-refractivity contribution in [1.29, 1.82) is 0 Å². The quantitative estimate of drug-likeness (QED) is 0.760. The van der Waals surface area contributed by atoms with Gasteiger partial charge in [0, 0.05) is 5.56 Å². The van der Waals surface area contributed by atoms with Gasteiger partial charge in [0.25, 0.3) is 5.91 Å². The smallest absolute Gasteiger partial charge is 0.252 e. The first-order valence-corrected chi connectivity index (χ1v) is 4.92. The van der Waals surface area contributed by atoms with Crippen LogP contribution in [0.1, 0.15) is 29.8 Å². The van der Waals surface area contributed by atoms with Crippen LogP contribution in [0.15, 0.2) is 18.2 Å². The van der Waals surface area contributed by atoms with Gasteiger partial charge in [-0.15, -0.1) is 6.42 Å². The van der Waals surface area contributed by atoms with Crippen molar-refractivity contribution in [2.24, 2.45) is 0 Å². The Labute approximate surface area is 94.9 Å². The monoisotopic (exact) mass is 219 g/mol. The molecule has 1 aromatic carbocycles. The van der Waals surface area contributed by atoms with E-state index in [2.05, 4.69) is 11.2 Å². The van der Waals surface area contributed by atoms with Crippen LogP contribution in [-0.4, -0.2) is 11.4 Å². The Balaban J connectivity index is 2.91. The molecule has 0 fully saturated rings. The van der Waals surface area contributed by atoms with Crippen molar-refractivity contribution in [1.82, 2.24) is 5.32 Å². The molecule has 0 radical (unpaired) electrons. The van der Waals surface area contributed by atoms with Crippen LogP contribution in [0.25, 0.3) is 0 Å². The molecule has 0 spiro atoms. The van der Waals surface area contributed by atoms with E-state index in [-0.39, 0.29) is 11.7 Å². The van der Waals surface area contributed by atoms with E-state index in [1.807, 2.05) is 0 Å². The van der Waals surface area contributed by atoms with E-state index < -0.39 is 5.54 Å². The first kappa shape index (κ1) is 12.3. The number of rotatable bonds is 2. The van der Waals surface area contributed by atoms with E-state index >= 15 is 0 Å². The minimum Gasteiger partial charge on any atom is -0.336 e. The standard InChI is InChI=1S/C13H14FNO/c1-5-13(3,4)15-12(16)10-6-7-11(14)9(2)8-10/h1,6-8H,2-4H3,(H,15,16). The highest BCUT2D eigenvalue weighted by atomic mass is 19.1. The Morgan fingerprint density at radius 1 is 1.50 bits per heavy atom. The molecular formula is C13H14FNO. The van der Waals surface area contributed by atoms with Crippen LogP contribution in [-0.2, 0) is 0 Å². The molecule has 3 heteroatoms. The van der Waals surface area contributed by atoms with Crippen LogP contribution < -0.4 is 5.32 Å². The van der Waals surface area contributed by atoms with Gasteiger partial charge >= 0.3 is 0 Å². The fourth-order valence-corrected chi connectivity index (χ4v) is 1.18. The number of benzene rings is 1. The highest BCUT2D eigenvalue weighted by Gasteiger charge is 2.18. The number of amides is 1. The van der Waals surface area contributed by atoms with Crippen LogP contribution in [0.3, 0.4) is 0 Å². The van der Waals surface area contributed by atoms with Gasteiger partial charge in [-0.05, 0) is 44.5 Å². The first-order valence-electron chi connectivity index (χ1n) is 4.92. The highest BCUT2D eigenvalue weighted by molar-refractivity contribution is 5.95. The van der Waals surface area contributed by atoms with Crippen molar-refractivity contribution in [3.05, 3.63) is 35.1 Å². The van der Waals surface area contributed by atoms with Crippen molar-refractivity contribution in [2.75, 3.05) is 0 Å². The molecule has 1 N–H and O–H groups in total. The molecule has 0 aliphatic rings. The molecule has 0 aliphatic carbocycles. The Bertz CT molecular complexity index is 457. The van der Waals surface area contributed by atoms with Crippen LogP contribution >= 0.6 is 0 Å². The average molecular weight is 219 g/mol. The second-order valence-corrected chi connectivity index (χ2v) is 4.19. The molecule has 0 heterocycles. The maximum atomic E-state index is 13.0. The van der Waals surface area contributed by atoms with Crippen molar-refractivity contribution in [2.45, 2.75) is 26.3 Å². The minimum absolute atomic E-state index is 0.300. The average Bonchev–Trinajstić information content (AvgIpc) is 2.21. The van der Waals surface area contributed by atoms with Gasteiger partial charge in [0.2, 0.25) is 0 Å². The molecule has 0 unspecified atom stereocenters. The van der Waals surface area contributed by atoms with Crippen LogP contribution in [0.5, 0.6) is 0 Å². The summed E-state index contributed by atoms with van der Waals surface area (Å²) in [5.41, 5.74) is 0.132. The molecule has 0 aromatic heterocycles. The maximum Gasteiger partial charge on any atom is 0.252 e. The number of nitrogens with one attached hydrogen (secondary N) is 1. The summed E-state index contributed by atoms with van der Waals surface area (Å²) in [4.78, 5) is 11.8. The lowest BCUT2D eigenvalue weighted by Crippen LogP contribution is -2.42. The van der Waals surface area contributed by atoms with Gasteiger partial charge in [-0.3, -0.25) is 4.79 Å². The molecule has 1 rings (SSSR count). The normalized spacial score (nSPS) is 10.7. The third kappa shape index (κ3) is 2.83. The van der Waals surface area contributed by atoms with Gasteiger partial charge < -0.3 is 5.32 Å².